The summed E-state index contributed by atoms with van der Waals surface area (Å²) in [5.41, 5.74) is -2.44. The van der Waals surface area contributed by atoms with E-state index < -0.39 is 52.6 Å². The van der Waals surface area contributed by atoms with E-state index in [1.54, 1.807) is 39.8 Å². The highest BCUT2D eigenvalue weighted by molar-refractivity contribution is 5.98. The predicted octanol–water partition coefficient (Wildman–Crippen LogP) is -0.0375. The molecule has 6 nitrogen and oxygen atoms in total. The van der Waals surface area contributed by atoms with Crippen LogP contribution in [0, 0.1) is 10.8 Å². The molecule has 4 aliphatic rings. The van der Waals surface area contributed by atoms with Gasteiger partial charge in [-0.05, 0) is 13.8 Å². The number of hydrogen-bond donors (Lipinski definition) is 2. The highest BCUT2D eigenvalue weighted by Crippen LogP contribution is 2.50. The van der Waals surface area contributed by atoms with Crippen molar-refractivity contribution in [2.45, 2.75) is 57.9 Å². The van der Waals surface area contributed by atoms with Gasteiger partial charge in [-0.15, -0.1) is 0 Å². The van der Waals surface area contributed by atoms with Gasteiger partial charge in [0.25, 0.3) is 0 Å². The number of hydrogen-bond acceptors (Lipinski definition) is 6. The predicted molar refractivity (Wildman–Crippen MR) is 71.2 cm³/mol. The van der Waals surface area contributed by atoms with Gasteiger partial charge in [-0.25, -0.2) is 0 Å². The average Bonchev–Trinajstić information content (AvgIpc) is 2.51. The Balaban J connectivity index is 2.32. The number of ketones is 2. The molecule has 2 aliphatic heterocycles. The molecule has 2 aliphatic carbocycles. The van der Waals surface area contributed by atoms with Crippen molar-refractivity contribution in [3.05, 3.63) is 12.2 Å². The van der Waals surface area contributed by atoms with Gasteiger partial charge >= 0.3 is 0 Å². The van der Waals surface area contributed by atoms with Gasteiger partial charge in [0, 0.05) is 0 Å². The zero-order valence-corrected chi connectivity index (χ0v) is 12.5. The first-order valence-electron chi connectivity index (χ1n) is 7.02. The first-order chi connectivity index (χ1) is 9.53. The lowest BCUT2D eigenvalue weighted by atomic mass is 9.68. The van der Waals surface area contributed by atoms with E-state index in [0.29, 0.717) is 0 Å². The average molecular weight is 296 g/mol. The van der Waals surface area contributed by atoms with Crippen LogP contribution in [0.25, 0.3) is 0 Å². The standard InChI is InChI=1S/C15H20O6/c1-13(2)20-11-8(17)10(19)15(4)6-5-14(11,3)9(18)7(16)12(15)21-13/h5-6,9-12,18-19H,1-4H3/t9-,10-,11+,12+,14+,15+/m1/s1. The molecular formula is C15H20O6. The van der Waals surface area contributed by atoms with Crippen molar-refractivity contribution in [3.63, 3.8) is 0 Å². The lowest BCUT2D eigenvalue weighted by molar-refractivity contribution is -0.300. The van der Waals surface area contributed by atoms with Crippen molar-refractivity contribution >= 4 is 11.6 Å². The molecule has 2 fully saturated rings. The van der Waals surface area contributed by atoms with Crippen molar-refractivity contribution in [3.8, 4) is 0 Å². The minimum atomic E-state index is -1.42. The number of ether oxygens (including phenoxy) is 2. The highest BCUT2D eigenvalue weighted by Gasteiger charge is 2.65. The van der Waals surface area contributed by atoms with Gasteiger partial charge in [0.05, 0.1) is 10.8 Å². The monoisotopic (exact) mass is 296 g/mol. The molecule has 0 radical (unpaired) electrons. The van der Waals surface area contributed by atoms with E-state index in [9.17, 15) is 19.8 Å². The van der Waals surface area contributed by atoms with Crippen LogP contribution in [0.1, 0.15) is 27.7 Å². The van der Waals surface area contributed by atoms with E-state index in [1.807, 2.05) is 0 Å². The Hall–Kier alpha value is -1.08. The van der Waals surface area contributed by atoms with E-state index >= 15 is 0 Å². The third-order valence-electron chi connectivity index (χ3n) is 4.97. The quantitative estimate of drug-likeness (QED) is 0.609. The van der Waals surface area contributed by atoms with Crippen LogP contribution < -0.4 is 0 Å². The van der Waals surface area contributed by atoms with Crippen molar-refractivity contribution in [1.29, 1.82) is 0 Å². The van der Waals surface area contributed by atoms with Crippen LogP contribution in [0.2, 0.25) is 0 Å². The fraction of sp³-hybridized carbons (Fsp3) is 0.733. The number of fused-ring (bicyclic) bond motifs is 4. The topological polar surface area (TPSA) is 93.1 Å². The first kappa shape index (κ1) is 14.8. The van der Waals surface area contributed by atoms with Gasteiger partial charge in [0.2, 0.25) is 0 Å². The Morgan fingerprint density at radius 2 is 1.19 bits per heavy atom. The van der Waals surface area contributed by atoms with Crippen LogP contribution in [0.3, 0.4) is 0 Å². The molecule has 0 aromatic carbocycles. The number of aliphatic hydroxyl groups is 2. The molecule has 0 aromatic rings. The van der Waals surface area contributed by atoms with Crippen LogP contribution in [0.15, 0.2) is 12.2 Å². The number of carbonyl (C=O) groups excluding carboxylic acids is 2. The number of aliphatic hydroxyl groups excluding tert-OH is 2. The van der Waals surface area contributed by atoms with Gasteiger partial charge in [0.15, 0.2) is 17.4 Å². The fourth-order valence-corrected chi connectivity index (χ4v) is 3.48. The highest BCUT2D eigenvalue weighted by atomic mass is 16.7. The van der Waals surface area contributed by atoms with Crippen molar-refractivity contribution in [2.24, 2.45) is 10.8 Å². The second-order valence-corrected chi connectivity index (χ2v) is 7.07. The van der Waals surface area contributed by atoms with E-state index in [0.717, 1.165) is 0 Å². The lowest BCUT2D eigenvalue weighted by Crippen LogP contribution is -2.67. The van der Waals surface area contributed by atoms with Gasteiger partial charge in [-0.1, -0.05) is 26.0 Å². The van der Waals surface area contributed by atoms with Crippen molar-refractivity contribution in [1.82, 2.24) is 0 Å². The Morgan fingerprint density at radius 1 is 0.857 bits per heavy atom. The SMILES string of the molecule is CC1(C)O[C@H]2C(=O)[C@@H](O)[C@]3(C)C=C[C@@]2(C)[C@H](O)C(=O)[C@@H]3O1. The summed E-state index contributed by atoms with van der Waals surface area (Å²) in [6.07, 6.45) is -1.92. The third-order valence-corrected chi connectivity index (χ3v) is 4.97. The normalized spacial score (nSPS) is 51.7. The van der Waals surface area contributed by atoms with Gasteiger partial charge in [0.1, 0.15) is 24.4 Å². The van der Waals surface area contributed by atoms with E-state index in [2.05, 4.69) is 0 Å². The smallest absolute Gasteiger partial charge is 0.192 e. The molecule has 116 valence electrons. The number of carbonyl (C=O) groups is 2. The molecule has 0 spiro atoms. The van der Waals surface area contributed by atoms with E-state index in [4.69, 9.17) is 9.47 Å². The summed E-state index contributed by atoms with van der Waals surface area (Å²) < 4.78 is 11.5. The Labute approximate surface area is 122 Å². The summed E-state index contributed by atoms with van der Waals surface area (Å²) in [7, 11) is 0. The zero-order chi connectivity index (χ0) is 15.8. The van der Waals surface area contributed by atoms with Gasteiger partial charge in [-0.3, -0.25) is 9.59 Å². The maximum atomic E-state index is 12.6. The second kappa shape index (κ2) is 4.01. The lowest BCUT2D eigenvalue weighted by Gasteiger charge is -2.50. The molecule has 6 heteroatoms. The van der Waals surface area contributed by atoms with Crippen LogP contribution in [-0.4, -0.2) is 52.0 Å². The molecule has 6 atom stereocenters. The number of Topliss-reactive ketones (excluding diaryl/α,β-unsaturated/α-hetero) is 2. The first-order valence-corrected chi connectivity index (χ1v) is 7.02. The van der Waals surface area contributed by atoms with Crippen molar-refractivity contribution < 1.29 is 29.3 Å². The van der Waals surface area contributed by atoms with Crippen LogP contribution in [0.4, 0.5) is 0 Å². The molecule has 2 N–H and O–H groups in total. The van der Waals surface area contributed by atoms with Crippen LogP contribution in [-0.2, 0) is 19.1 Å². The minimum Gasteiger partial charge on any atom is -0.384 e. The third kappa shape index (κ3) is 1.73. The Bertz CT molecular complexity index is 506. The molecule has 0 saturated carbocycles. The Morgan fingerprint density at radius 3 is 1.52 bits per heavy atom. The molecule has 2 saturated heterocycles. The summed E-state index contributed by atoms with van der Waals surface area (Å²) in [5, 5.41) is 20.9. The summed E-state index contributed by atoms with van der Waals surface area (Å²) in [4.78, 5) is 25.3. The van der Waals surface area contributed by atoms with Gasteiger partial charge < -0.3 is 19.7 Å². The van der Waals surface area contributed by atoms with Crippen LogP contribution >= 0.6 is 0 Å². The molecular weight excluding hydrogens is 276 g/mol. The fourth-order valence-electron chi connectivity index (χ4n) is 3.48. The molecule has 0 unspecified atom stereocenters. The maximum absolute atomic E-state index is 12.6. The Kier molecular flexibility index (Phi) is 2.83. The summed E-state index contributed by atoms with van der Waals surface area (Å²) in [6, 6.07) is 0. The second-order valence-electron chi connectivity index (χ2n) is 7.07. The molecule has 21 heavy (non-hydrogen) atoms. The van der Waals surface area contributed by atoms with E-state index in [1.165, 1.54) is 0 Å². The van der Waals surface area contributed by atoms with Crippen LogP contribution in [0.5, 0.6) is 0 Å². The zero-order valence-electron chi connectivity index (χ0n) is 12.5. The largest absolute Gasteiger partial charge is 0.384 e. The maximum Gasteiger partial charge on any atom is 0.192 e. The molecule has 4 bridgehead atoms. The molecule has 0 aromatic heterocycles. The summed E-state index contributed by atoms with van der Waals surface area (Å²) in [6.45, 7) is 6.43. The van der Waals surface area contributed by atoms with E-state index in [-0.39, 0.29) is 0 Å². The molecule has 0 amide bonds. The minimum absolute atomic E-state index is 0.530. The number of rotatable bonds is 0. The molecule has 4 rings (SSSR count). The molecule has 2 heterocycles. The van der Waals surface area contributed by atoms with Gasteiger partial charge in [-0.2, -0.15) is 0 Å². The van der Waals surface area contributed by atoms with Crippen molar-refractivity contribution in [2.75, 3.05) is 0 Å². The summed E-state index contributed by atoms with van der Waals surface area (Å²) in [5.74, 6) is -2.23. The summed E-state index contributed by atoms with van der Waals surface area (Å²) >= 11 is 0.